The lowest BCUT2D eigenvalue weighted by molar-refractivity contribution is -0.201. The Morgan fingerprint density at radius 2 is 1.97 bits per heavy atom. The van der Waals surface area contributed by atoms with Gasteiger partial charge in [-0.3, -0.25) is 19.5 Å². The third kappa shape index (κ3) is 3.56. The number of carbonyl (C=O) groups excluding carboxylic acids is 1. The highest BCUT2D eigenvalue weighted by atomic mass is 16.5. The summed E-state index contributed by atoms with van der Waals surface area (Å²) in [5, 5.41) is 2.46. The van der Waals surface area contributed by atoms with E-state index in [9.17, 15) is 14.4 Å². The van der Waals surface area contributed by atoms with Gasteiger partial charge in [-0.1, -0.05) is 12.1 Å². The number of likely N-dealkylation sites (tertiary alicyclic amines) is 1. The average Bonchev–Trinajstić information content (AvgIpc) is 2.71. The van der Waals surface area contributed by atoms with Crippen LogP contribution in [0.5, 0.6) is 5.75 Å². The van der Waals surface area contributed by atoms with E-state index < -0.39 is 0 Å². The number of amides is 1. The Labute approximate surface area is 186 Å². The van der Waals surface area contributed by atoms with E-state index >= 15 is 0 Å². The van der Waals surface area contributed by atoms with E-state index in [1.54, 1.807) is 0 Å². The molecule has 2 aromatic rings. The number of fused-ring (bicyclic) bond motifs is 3. The van der Waals surface area contributed by atoms with Crippen LogP contribution in [0.1, 0.15) is 43.9 Å². The van der Waals surface area contributed by atoms with Crippen LogP contribution in [0.3, 0.4) is 0 Å². The summed E-state index contributed by atoms with van der Waals surface area (Å²) in [5.74, 6) is 1.10. The third-order valence-electron chi connectivity index (χ3n) is 7.17. The van der Waals surface area contributed by atoms with Gasteiger partial charge in [0.05, 0.1) is 19.3 Å². The summed E-state index contributed by atoms with van der Waals surface area (Å²) in [7, 11) is 0. The van der Waals surface area contributed by atoms with Crippen LogP contribution in [-0.4, -0.2) is 45.9 Å². The number of nitrogens with one attached hydrogen (secondary N) is 1. The monoisotopic (exact) mass is 439 g/mol. The Morgan fingerprint density at radius 3 is 2.75 bits per heavy atom. The number of rotatable bonds is 3. The predicted octanol–water partition coefficient (Wildman–Crippen LogP) is 2.01. The maximum atomic E-state index is 12.7. The second-order valence-corrected chi connectivity index (χ2v) is 10.1. The van der Waals surface area contributed by atoms with Crippen LogP contribution in [-0.2, 0) is 16.1 Å². The zero-order chi connectivity index (χ0) is 22.7. The molecule has 5 rings (SSSR count). The largest absolute Gasteiger partial charge is 0.487 e. The smallest absolute Gasteiger partial charge is 0.265 e. The van der Waals surface area contributed by atoms with Crippen molar-refractivity contribution in [3.05, 3.63) is 62.2 Å². The summed E-state index contributed by atoms with van der Waals surface area (Å²) in [6.07, 6.45) is 1.11. The standard InChI is InChI=1S/C24H29N3O5/c1-15-4-5-16-18(10-15)32-23(2,3)17-11-24(14-31-22(16)17)12-26(13-24)20(29)8-9-27-21(30)7-6-19(28)25-27/h4-7,10,17,22H,8-9,11-14H2,1-3H3,(H,25,28)/t17-,22+/m0/s1. The van der Waals surface area contributed by atoms with Crippen molar-refractivity contribution in [3.8, 4) is 5.75 Å². The molecule has 0 bridgehead atoms. The highest BCUT2D eigenvalue weighted by Crippen LogP contribution is 2.55. The number of hydrogen-bond acceptors (Lipinski definition) is 5. The van der Waals surface area contributed by atoms with Crippen LogP contribution in [0, 0.1) is 18.3 Å². The molecule has 2 saturated heterocycles. The van der Waals surface area contributed by atoms with Crippen LogP contribution < -0.4 is 15.9 Å². The number of nitrogens with zero attached hydrogens (tertiary/aromatic N) is 2. The fraction of sp³-hybridized carbons (Fsp3) is 0.542. The van der Waals surface area contributed by atoms with Crippen molar-refractivity contribution in [2.24, 2.45) is 11.3 Å². The molecule has 1 aromatic carbocycles. The number of ether oxygens (including phenoxy) is 2. The molecule has 32 heavy (non-hydrogen) atoms. The van der Waals surface area contributed by atoms with Gasteiger partial charge in [0.2, 0.25) is 5.91 Å². The maximum absolute atomic E-state index is 12.7. The molecule has 0 unspecified atom stereocenters. The van der Waals surface area contributed by atoms with Gasteiger partial charge in [-0.25, -0.2) is 4.68 Å². The fourth-order valence-electron chi connectivity index (χ4n) is 5.41. The summed E-state index contributed by atoms with van der Waals surface area (Å²) in [6.45, 7) is 8.38. The summed E-state index contributed by atoms with van der Waals surface area (Å²) >= 11 is 0. The van der Waals surface area contributed by atoms with Gasteiger partial charge in [0.25, 0.3) is 11.1 Å². The lowest BCUT2D eigenvalue weighted by Gasteiger charge is -2.58. The van der Waals surface area contributed by atoms with Crippen molar-refractivity contribution < 1.29 is 14.3 Å². The molecule has 3 aliphatic rings. The quantitative estimate of drug-likeness (QED) is 0.790. The topological polar surface area (TPSA) is 93.6 Å². The second kappa shape index (κ2) is 7.33. The Bertz CT molecular complexity index is 1170. The molecular formula is C24H29N3O5. The lowest BCUT2D eigenvalue weighted by Crippen LogP contribution is -2.65. The molecule has 0 radical (unpaired) electrons. The van der Waals surface area contributed by atoms with Crippen molar-refractivity contribution >= 4 is 5.91 Å². The number of aromatic amines is 1. The maximum Gasteiger partial charge on any atom is 0.265 e. The van der Waals surface area contributed by atoms with Crippen LogP contribution in [0.25, 0.3) is 0 Å². The minimum atomic E-state index is -0.358. The first-order valence-electron chi connectivity index (χ1n) is 11.1. The van der Waals surface area contributed by atoms with Gasteiger partial charge in [0, 0.05) is 48.5 Å². The molecule has 0 aliphatic carbocycles. The molecule has 1 spiro atoms. The minimum Gasteiger partial charge on any atom is -0.487 e. The molecule has 3 aliphatic heterocycles. The first kappa shape index (κ1) is 21.0. The first-order valence-corrected chi connectivity index (χ1v) is 11.1. The van der Waals surface area contributed by atoms with Gasteiger partial charge in [0.1, 0.15) is 11.4 Å². The molecule has 1 aromatic heterocycles. The van der Waals surface area contributed by atoms with Gasteiger partial charge in [-0.2, -0.15) is 0 Å². The van der Waals surface area contributed by atoms with Gasteiger partial charge < -0.3 is 14.4 Å². The Balaban J connectivity index is 1.24. The van der Waals surface area contributed by atoms with Gasteiger partial charge in [-0.05, 0) is 38.8 Å². The number of carbonyl (C=O) groups is 1. The molecule has 2 fully saturated rings. The molecule has 8 nitrogen and oxygen atoms in total. The molecule has 1 N–H and O–H groups in total. The van der Waals surface area contributed by atoms with E-state index in [4.69, 9.17) is 9.47 Å². The van der Waals surface area contributed by atoms with Crippen LogP contribution in [0.2, 0.25) is 0 Å². The number of hydrogen-bond donors (Lipinski definition) is 1. The molecule has 4 heterocycles. The summed E-state index contributed by atoms with van der Waals surface area (Å²) < 4.78 is 14.0. The highest BCUT2D eigenvalue weighted by molar-refractivity contribution is 5.77. The van der Waals surface area contributed by atoms with E-state index in [-0.39, 0.29) is 53.0 Å². The molecule has 0 saturated carbocycles. The van der Waals surface area contributed by atoms with E-state index in [2.05, 4.69) is 44.1 Å². The third-order valence-corrected chi connectivity index (χ3v) is 7.17. The van der Waals surface area contributed by atoms with Crippen molar-refractivity contribution in [2.75, 3.05) is 19.7 Å². The minimum absolute atomic E-state index is 0.00602. The molecule has 170 valence electrons. The molecule has 1 amide bonds. The Morgan fingerprint density at radius 1 is 1.19 bits per heavy atom. The normalized spacial score (nSPS) is 24.8. The van der Waals surface area contributed by atoms with Crippen molar-refractivity contribution in [1.29, 1.82) is 0 Å². The SMILES string of the molecule is Cc1ccc2c(c1)OC(C)(C)[C@H]1CC3(CO[C@H]21)CN(C(=O)CCn1[nH]c(=O)ccc1=O)C3. The van der Waals surface area contributed by atoms with Crippen LogP contribution in [0.4, 0.5) is 0 Å². The number of aromatic nitrogens is 2. The second-order valence-electron chi connectivity index (χ2n) is 10.1. The zero-order valence-corrected chi connectivity index (χ0v) is 18.7. The molecule has 2 atom stereocenters. The van der Waals surface area contributed by atoms with Gasteiger partial charge in [-0.15, -0.1) is 0 Å². The van der Waals surface area contributed by atoms with E-state index in [0.717, 1.165) is 17.7 Å². The molecule has 8 heteroatoms. The Kier molecular flexibility index (Phi) is 4.81. The van der Waals surface area contributed by atoms with Crippen LogP contribution >= 0.6 is 0 Å². The number of H-pyrrole nitrogens is 1. The Hall–Kier alpha value is -2.87. The van der Waals surface area contributed by atoms with E-state index in [1.807, 2.05) is 4.90 Å². The van der Waals surface area contributed by atoms with Crippen molar-refractivity contribution in [1.82, 2.24) is 14.7 Å². The molecular weight excluding hydrogens is 410 g/mol. The van der Waals surface area contributed by atoms with Crippen LogP contribution in [0.15, 0.2) is 39.9 Å². The lowest BCUT2D eigenvalue weighted by atomic mass is 9.64. The van der Waals surface area contributed by atoms with Gasteiger partial charge in [0.15, 0.2) is 0 Å². The van der Waals surface area contributed by atoms with Gasteiger partial charge >= 0.3 is 0 Å². The fourth-order valence-corrected chi connectivity index (χ4v) is 5.41. The van der Waals surface area contributed by atoms with Crippen molar-refractivity contribution in [2.45, 2.75) is 51.9 Å². The predicted molar refractivity (Wildman–Crippen MR) is 118 cm³/mol. The number of benzene rings is 1. The number of aryl methyl sites for hydroxylation is 2. The highest BCUT2D eigenvalue weighted by Gasteiger charge is 2.56. The van der Waals surface area contributed by atoms with E-state index in [1.165, 1.54) is 22.4 Å². The summed E-state index contributed by atoms with van der Waals surface area (Å²) in [5.41, 5.74) is 1.19. The van der Waals surface area contributed by atoms with E-state index in [0.29, 0.717) is 19.7 Å². The average molecular weight is 440 g/mol. The summed E-state index contributed by atoms with van der Waals surface area (Å²) in [6, 6.07) is 8.69. The van der Waals surface area contributed by atoms with Crippen molar-refractivity contribution in [3.63, 3.8) is 0 Å². The first-order chi connectivity index (χ1) is 15.2. The zero-order valence-electron chi connectivity index (χ0n) is 18.7. The summed E-state index contributed by atoms with van der Waals surface area (Å²) in [4.78, 5) is 37.7.